The molecule has 0 bridgehead atoms. The first-order chi connectivity index (χ1) is 16.3. The standard InChI is InChI=1S/C25H28N4O5/c1-16-6-11-22(23(13-16)34-15-21-5-4-12-33-21)26-25(30)20-9-7-19(8-10-20)14-28-18(3)24(29(31)32)17(2)27-28/h6-11,13,21H,4-5,12,14-15H2,1-3H3,(H,26,30). The molecule has 1 fully saturated rings. The molecule has 1 aromatic heterocycles. The number of hydrogen-bond donors (Lipinski definition) is 1. The van der Waals surface area contributed by atoms with Crippen LogP contribution in [-0.2, 0) is 11.3 Å². The Morgan fingerprint density at radius 3 is 2.65 bits per heavy atom. The number of hydrogen-bond acceptors (Lipinski definition) is 6. The van der Waals surface area contributed by atoms with Crippen molar-refractivity contribution in [2.75, 3.05) is 18.5 Å². The first-order valence-electron chi connectivity index (χ1n) is 11.3. The average Bonchev–Trinajstić information content (AvgIpc) is 3.42. The van der Waals surface area contributed by atoms with Crippen LogP contribution in [0.5, 0.6) is 5.75 Å². The van der Waals surface area contributed by atoms with Gasteiger partial charge >= 0.3 is 5.69 Å². The van der Waals surface area contributed by atoms with E-state index in [2.05, 4.69) is 10.4 Å². The van der Waals surface area contributed by atoms with Gasteiger partial charge in [0.1, 0.15) is 23.7 Å². The van der Waals surface area contributed by atoms with Crippen LogP contribution in [0.25, 0.3) is 0 Å². The quantitative estimate of drug-likeness (QED) is 0.386. The highest BCUT2D eigenvalue weighted by Gasteiger charge is 2.22. The number of anilines is 1. The molecule has 4 rings (SSSR count). The molecule has 1 N–H and O–H groups in total. The number of nitrogens with one attached hydrogen (secondary N) is 1. The minimum Gasteiger partial charge on any atom is -0.489 e. The van der Waals surface area contributed by atoms with Gasteiger partial charge < -0.3 is 14.8 Å². The molecule has 0 saturated carbocycles. The molecule has 3 aromatic rings. The van der Waals surface area contributed by atoms with Gasteiger partial charge in [0, 0.05) is 12.2 Å². The molecule has 1 aliphatic heterocycles. The predicted octanol–water partition coefficient (Wildman–Crippen LogP) is 4.57. The van der Waals surface area contributed by atoms with Gasteiger partial charge in [0.2, 0.25) is 0 Å². The van der Waals surface area contributed by atoms with E-state index in [4.69, 9.17) is 9.47 Å². The van der Waals surface area contributed by atoms with E-state index in [0.717, 1.165) is 30.6 Å². The first kappa shape index (κ1) is 23.4. The van der Waals surface area contributed by atoms with Crippen LogP contribution >= 0.6 is 0 Å². The van der Waals surface area contributed by atoms with E-state index in [1.807, 2.05) is 37.3 Å². The third kappa shape index (κ3) is 5.26. The first-order valence-corrected chi connectivity index (χ1v) is 11.3. The zero-order valence-corrected chi connectivity index (χ0v) is 19.5. The van der Waals surface area contributed by atoms with Crippen molar-refractivity contribution in [2.24, 2.45) is 0 Å². The topological polar surface area (TPSA) is 109 Å². The summed E-state index contributed by atoms with van der Waals surface area (Å²) in [5.74, 6) is 0.366. The fourth-order valence-corrected chi connectivity index (χ4v) is 4.05. The molecule has 1 saturated heterocycles. The lowest BCUT2D eigenvalue weighted by Gasteiger charge is -2.16. The molecular formula is C25H28N4O5. The monoisotopic (exact) mass is 464 g/mol. The highest BCUT2D eigenvalue weighted by molar-refractivity contribution is 6.05. The lowest BCUT2D eigenvalue weighted by molar-refractivity contribution is -0.386. The summed E-state index contributed by atoms with van der Waals surface area (Å²) in [5, 5.41) is 18.4. The van der Waals surface area contributed by atoms with Gasteiger partial charge in [0.05, 0.1) is 23.3 Å². The minimum atomic E-state index is -0.411. The number of aromatic nitrogens is 2. The van der Waals surface area contributed by atoms with Gasteiger partial charge in [0.15, 0.2) is 0 Å². The number of rotatable bonds is 8. The lowest BCUT2D eigenvalue weighted by Crippen LogP contribution is -2.18. The van der Waals surface area contributed by atoms with Gasteiger partial charge in [-0.15, -0.1) is 0 Å². The molecule has 1 aliphatic rings. The van der Waals surface area contributed by atoms with Gasteiger partial charge in [-0.05, 0) is 69.0 Å². The number of carbonyl (C=O) groups is 1. The summed E-state index contributed by atoms with van der Waals surface area (Å²) >= 11 is 0. The molecule has 2 heterocycles. The maximum atomic E-state index is 12.9. The van der Waals surface area contributed by atoms with Crippen LogP contribution in [0.3, 0.4) is 0 Å². The second kappa shape index (κ2) is 10.0. The third-order valence-electron chi connectivity index (χ3n) is 5.91. The Kier molecular flexibility index (Phi) is 6.93. The van der Waals surface area contributed by atoms with E-state index in [1.165, 1.54) is 0 Å². The molecule has 0 spiro atoms. The van der Waals surface area contributed by atoms with Crippen molar-refractivity contribution in [2.45, 2.75) is 46.3 Å². The molecule has 1 amide bonds. The molecule has 9 heteroatoms. The third-order valence-corrected chi connectivity index (χ3v) is 5.91. The van der Waals surface area contributed by atoms with Gasteiger partial charge in [-0.1, -0.05) is 18.2 Å². The van der Waals surface area contributed by atoms with Crippen LogP contribution in [0.15, 0.2) is 42.5 Å². The summed E-state index contributed by atoms with van der Waals surface area (Å²) in [4.78, 5) is 23.7. The van der Waals surface area contributed by atoms with Crippen molar-refractivity contribution < 1.29 is 19.2 Å². The van der Waals surface area contributed by atoms with E-state index in [-0.39, 0.29) is 17.7 Å². The Morgan fingerprint density at radius 1 is 1.24 bits per heavy atom. The van der Waals surface area contributed by atoms with E-state index >= 15 is 0 Å². The van der Waals surface area contributed by atoms with Crippen molar-refractivity contribution in [1.29, 1.82) is 0 Å². The Bertz CT molecular complexity index is 1200. The molecular weight excluding hydrogens is 436 g/mol. The Morgan fingerprint density at radius 2 is 2.00 bits per heavy atom. The van der Waals surface area contributed by atoms with Crippen LogP contribution in [0.2, 0.25) is 0 Å². The zero-order chi connectivity index (χ0) is 24.2. The van der Waals surface area contributed by atoms with Gasteiger partial charge in [-0.2, -0.15) is 5.10 Å². The number of benzene rings is 2. The normalized spacial score (nSPS) is 15.3. The summed E-state index contributed by atoms with van der Waals surface area (Å²) < 4.78 is 13.2. The summed E-state index contributed by atoms with van der Waals surface area (Å²) in [6.07, 6.45) is 2.10. The second-order valence-electron chi connectivity index (χ2n) is 8.53. The van der Waals surface area contributed by atoms with Crippen LogP contribution in [0.4, 0.5) is 11.4 Å². The number of ether oxygens (including phenoxy) is 2. The fraction of sp³-hybridized carbons (Fsp3) is 0.360. The van der Waals surface area contributed by atoms with E-state index in [0.29, 0.717) is 41.5 Å². The molecule has 2 aromatic carbocycles. The number of nitrogens with zero attached hydrogens (tertiary/aromatic N) is 3. The van der Waals surface area contributed by atoms with Crippen molar-refractivity contribution >= 4 is 17.3 Å². The fourth-order valence-electron chi connectivity index (χ4n) is 4.05. The number of carbonyl (C=O) groups excluding carboxylic acids is 1. The predicted molar refractivity (Wildman–Crippen MR) is 128 cm³/mol. The van der Waals surface area contributed by atoms with Crippen LogP contribution in [-0.4, -0.2) is 39.9 Å². The molecule has 1 atom stereocenters. The van der Waals surface area contributed by atoms with E-state index in [9.17, 15) is 14.9 Å². The molecule has 1 unspecified atom stereocenters. The maximum absolute atomic E-state index is 12.9. The Labute approximate surface area is 197 Å². The summed E-state index contributed by atoms with van der Waals surface area (Å²) in [6.45, 7) is 6.87. The largest absolute Gasteiger partial charge is 0.489 e. The van der Waals surface area contributed by atoms with Crippen molar-refractivity contribution in [3.05, 3.63) is 80.7 Å². The van der Waals surface area contributed by atoms with E-state index in [1.54, 1.807) is 30.7 Å². The van der Waals surface area contributed by atoms with Gasteiger partial charge in [-0.3, -0.25) is 19.6 Å². The van der Waals surface area contributed by atoms with Crippen molar-refractivity contribution in [1.82, 2.24) is 9.78 Å². The highest BCUT2D eigenvalue weighted by Crippen LogP contribution is 2.28. The maximum Gasteiger partial charge on any atom is 0.312 e. The molecule has 0 aliphatic carbocycles. The summed E-state index contributed by atoms with van der Waals surface area (Å²) in [7, 11) is 0. The van der Waals surface area contributed by atoms with Crippen molar-refractivity contribution in [3.8, 4) is 5.75 Å². The number of amides is 1. The van der Waals surface area contributed by atoms with Crippen molar-refractivity contribution in [3.63, 3.8) is 0 Å². The molecule has 0 radical (unpaired) electrons. The molecule has 9 nitrogen and oxygen atoms in total. The molecule has 178 valence electrons. The van der Waals surface area contributed by atoms with Crippen LogP contribution in [0.1, 0.15) is 45.7 Å². The van der Waals surface area contributed by atoms with Crippen LogP contribution < -0.4 is 10.1 Å². The average molecular weight is 465 g/mol. The van der Waals surface area contributed by atoms with Gasteiger partial charge in [-0.25, -0.2) is 0 Å². The SMILES string of the molecule is Cc1ccc(NC(=O)c2ccc(Cn3nc(C)c([N+](=O)[O-])c3C)cc2)c(OCC2CCCO2)c1. The Balaban J connectivity index is 1.43. The summed E-state index contributed by atoms with van der Waals surface area (Å²) in [5.41, 5.74) is 3.93. The number of nitro groups is 1. The Hall–Kier alpha value is -3.72. The number of aryl methyl sites for hydroxylation is 2. The minimum absolute atomic E-state index is 0.0339. The second-order valence-corrected chi connectivity index (χ2v) is 8.53. The highest BCUT2D eigenvalue weighted by atomic mass is 16.6. The zero-order valence-electron chi connectivity index (χ0n) is 19.5. The van der Waals surface area contributed by atoms with Crippen LogP contribution in [0, 0.1) is 30.9 Å². The molecule has 34 heavy (non-hydrogen) atoms. The smallest absolute Gasteiger partial charge is 0.312 e. The van der Waals surface area contributed by atoms with Gasteiger partial charge in [0.25, 0.3) is 5.91 Å². The van der Waals surface area contributed by atoms with E-state index < -0.39 is 4.92 Å². The summed E-state index contributed by atoms with van der Waals surface area (Å²) in [6, 6.07) is 12.8. The lowest BCUT2D eigenvalue weighted by atomic mass is 10.1.